The number of halogens is 2. The Hall–Kier alpha value is -2.37. The lowest BCUT2D eigenvalue weighted by Gasteiger charge is -2.15. The Kier molecular flexibility index (Phi) is 5.91. The fraction of sp³-hybridized carbons (Fsp3) is 0.211. The number of rotatable bonds is 6. The van der Waals surface area contributed by atoms with Gasteiger partial charge in [0, 0.05) is 35.1 Å². The molecule has 134 valence electrons. The molecule has 0 aliphatic heterocycles. The molecule has 0 spiro atoms. The molecular weight excluding hydrogens is 369 g/mol. The second kappa shape index (κ2) is 8.34. The summed E-state index contributed by atoms with van der Waals surface area (Å²) in [6.07, 6.45) is 4.44. The van der Waals surface area contributed by atoms with E-state index in [9.17, 15) is 0 Å². The Morgan fingerprint density at radius 2 is 1.81 bits per heavy atom. The third kappa shape index (κ3) is 4.62. The molecule has 0 aliphatic carbocycles. The van der Waals surface area contributed by atoms with Crippen LogP contribution in [0.4, 0.5) is 17.5 Å². The van der Waals surface area contributed by atoms with Gasteiger partial charge in [0.05, 0.1) is 16.4 Å². The van der Waals surface area contributed by atoms with E-state index in [4.69, 9.17) is 23.2 Å². The average molecular weight is 388 g/mol. The second-order valence-electron chi connectivity index (χ2n) is 5.90. The van der Waals surface area contributed by atoms with Crippen molar-refractivity contribution in [3.8, 4) is 11.3 Å². The first-order valence-electron chi connectivity index (χ1n) is 8.33. The largest absolute Gasteiger partial charge is 0.352 e. The first kappa shape index (κ1) is 18.4. The lowest BCUT2D eigenvalue weighted by Crippen LogP contribution is -2.16. The van der Waals surface area contributed by atoms with Gasteiger partial charge >= 0.3 is 0 Å². The van der Waals surface area contributed by atoms with E-state index in [0.717, 1.165) is 17.7 Å². The summed E-state index contributed by atoms with van der Waals surface area (Å²) in [4.78, 5) is 13.2. The topological polar surface area (TPSA) is 62.7 Å². The minimum absolute atomic E-state index is 0.255. The van der Waals surface area contributed by atoms with E-state index in [2.05, 4.69) is 39.4 Å². The summed E-state index contributed by atoms with van der Waals surface area (Å²) < 4.78 is 0. The number of nitrogens with one attached hydrogen (secondary N) is 2. The van der Waals surface area contributed by atoms with Crippen LogP contribution in [0.2, 0.25) is 10.0 Å². The fourth-order valence-corrected chi connectivity index (χ4v) is 2.64. The summed E-state index contributed by atoms with van der Waals surface area (Å²) in [6.45, 7) is 4.19. The number of aromatic nitrogens is 3. The molecule has 0 amide bonds. The molecule has 0 fully saturated rings. The molecule has 0 saturated heterocycles. The monoisotopic (exact) mass is 387 g/mol. The molecule has 5 nitrogen and oxygen atoms in total. The van der Waals surface area contributed by atoms with Crippen LogP contribution < -0.4 is 10.6 Å². The molecule has 1 aromatic carbocycles. The Balaban J connectivity index is 2.00. The molecule has 2 heterocycles. The van der Waals surface area contributed by atoms with Gasteiger partial charge in [0.2, 0.25) is 5.95 Å². The zero-order valence-corrected chi connectivity index (χ0v) is 16.0. The number of anilines is 3. The van der Waals surface area contributed by atoms with Crippen molar-refractivity contribution in [3.05, 3.63) is 58.8 Å². The first-order valence-corrected chi connectivity index (χ1v) is 9.09. The number of benzene rings is 1. The van der Waals surface area contributed by atoms with E-state index in [-0.39, 0.29) is 6.04 Å². The van der Waals surface area contributed by atoms with Crippen LogP contribution in [0, 0.1) is 0 Å². The third-order valence-corrected chi connectivity index (χ3v) is 4.45. The average Bonchev–Trinajstić information content (AvgIpc) is 2.65. The summed E-state index contributed by atoms with van der Waals surface area (Å²) >= 11 is 12.3. The molecule has 1 atom stereocenters. The minimum atomic E-state index is 0.255. The van der Waals surface area contributed by atoms with Crippen molar-refractivity contribution < 1.29 is 0 Å². The lowest BCUT2D eigenvalue weighted by atomic mass is 10.2. The van der Waals surface area contributed by atoms with Crippen molar-refractivity contribution >= 4 is 40.7 Å². The van der Waals surface area contributed by atoms with Crippen molar-refractivity contribution in [1.82, 2.24) is 15.0 Å². The van der Waals surface area contributed by atoms with Crippen LogP contribution in [0.5, 0.6) is 0 Å². The van der Waals surface area contributed by atoms with Crippen LogP contribution >= 0.6 is 23.2 Å². The summed E-state index contributed by atoms with van der Waals surface area (Å²) in [6, 6.07) is 11.2. The van der Waals surface area contributed by atoms with E-state index in [1.165, 1.54) is 0 Å². The summed E-state index contributed by atoms with van der Waals surface area (Å²) in [5.74, 6) is 1.18. The molecule has 2 aromatic heterocycles. The van der Waals surface area contributed by atoms with E-state index in [1.807, 2.05) is 18.2 Å². The fourth-order valence-electron chi connectivity index (χ4n) is 2.30. The van der Waals surface area contributed by atoms with Gasteiger partial charge < -0.3 is 10.6 Å². The number of hydrogen-bond donors (Lipinski definition) is 2. The highest BCUT2D eigenvalue weighted by molar-refractivity contribution is 6.35. The molecule has 0 bridgehead atoms. The highest BCUT2D eigenvalue weighted by Crippen LogP contribution is 2.29. The molecule has 0 aliphatic rings. The molecule has 2 N–H and O–H groups in total. The molecule has 3 rings (SSSR count). The summed E-state index contributed by atoms with van der Waals surface area (Å²) in [7, 11) is 0. The van der Waals surface area contributed by atoms with Gasteiger partial charge in [0.25, 0.3) is 0 Å². The van der Waals surface area contributed by atoms with Gasteiger partial charge in [-0.05, 0) is 43.7 Å². The maximum atomic E-state index is 6.26. The van der Waals surface area contributed by atoms with Crippen molar-refractivity contribution in [1.29, 1.82) is 0 Å². The van der Waals surface area contributed by atoms with Gasteiger partial charge in [-0.2, -0.15) is 4.98 Å². The van der Waals surface area contributed by atoms with Crippen LogP contribution in [0.25, 0.3) is 11.3 Å². The predicted molar refractivity (Wildman–Crippen MR) is 108 cm³/mol. The highest BCUT2D eigenvalue weighted by Gasteiger charge is 2.10. The lowest BCUT2D eigenvalue weighted by molar-refractivity contribution is 0.753. The smallest absolute Gasteiger partial charge is 0.225 e. The van der Waals surface area contributed by atoms with Crippen LogP contribution in [-0.2, 0) is 0 Å². The number of pyridine rings is 1. The zero-order chi connectivity index (χ0) is 18.5. The SMILES string of the molecule is CC[C@H](C)Nc1nc(Nc2cc(Cl)ccc2Cl)cc(-c2ccncc2)n1. The van der Waals surface area contributed by atoms with Gasteiger partial charge in [-0.3, -0.25) is 4.98 Å². The quantitative estimate of drug-likeness (QED) is 0.559. The Bertz CT molecular complexity index is 886. The normalized spacial score (nSPS) is 11.8. The Labute approximate surface area is 162 Å². The van der Waals surface area contributed by atoms with E-state index < -0.39 is 0 Å². The van der Waals surface area contributed by atoms with Crippen LogP contribution in [0.15, 0.2) is 48.8 Å². The minimum Gasteiger partial charge on any atom is -0.352 e. The van der Waals surface area contributed by atoms with Crippen LogP contribution in [0.1, 0.15) is 20.3 Å². The van der Waals surface area contributed by atoms with Crippen LogP contribution in [-0.4, -0.2) is 21.0 Å². The Morgan fingerprint density at radius 3 is 2.54 bits per heavy atom. The van der Waals surface area contributed by atoms with E-state index >= 15 is 0 Å². The maximum Gasteiger partial charge on any atom is 0.225 e. The summed E-state index contributed by atoms with van der Waals surface area (Å²) in [5.41, 5.74) is 2.43. The second-order valence-corrected chi connectivity index (χ2v) is 6.74. The predicted octanol–water partition coefficient (Wildman–Crippen LogP) is 5.80. The van der Waals surface area contributed by atoms with Gasteiger partial charge in [-0.15, -0.1) is 0 Å². The van der Waals surface area contributed by atoms with Crippen molar-refractivity contribution in [2.45, 2.75) is 26.3 Å². The number of nitrogens with zero attached hydrogens (tertiary/aromatic N) is 3. The third-order valence-electron chi connectivity index (χ3n) is 3.88. The molecular formula is C19H19Cl2N5. The van der Waals surface area contributed by atoms with Crippen LogP contribution in [0.3, 0.4) is 0 Å². The van der Waals surface area contributed by atoms with Gasteiger partial charge in [0.1, 0.15) is 5.82 Å². The van der Waals surface area contributed by atoms with Gasteiger partial charge in [0.15, 0.2) is 0 Å². The standard InChI is InChI=1S/C19H19Cl2N5/c1-3-12(2)23-19-25-16(13-6-8-22-9-7-13)11-18(26-19)24-17-10-14(20)4-5-15(17)21/h4-12H,3H2,1-2H3,(H2,23,24,25,26)/t12-/m0/s1. The molecule has 26 heavy (non-hydrogen) atoms. The van der Waals surface area contributed by atoms with Crippen molar-refractivity contribution in [3.63, 3.8) is 0 Å². The Morgan fingerprint density at radius 1 is 1.04 bits per heavy atom. The first-order chi connectivity index (χ1) is 12.5. The van der Waals surface area contributed by atoms with E-state index in [0.29, 0.717) is 27.5 Å². The molecule has 3 aromatic rings. The van der Waals surface area contributed by atoms with Gasteiger partial charge in [-0.25, -0.2) is 4.98 Å². The maximum absolute atomic E-state index is 6.26. The zero-order valence-electron chi connectivity index (χ0n) is 14.5. The van der Waals surface area contributed by atoms with Crippen molar-refractivity contribution in [2.24, 2.45) is 0 Å². The molecule has 7 heteroatoms. The molecule has 0 radical (unpaired) electrons. The summed E-state index contributed by atoms with van der Waals surface area (Å²) in [5, 5.41) is 7.71. The van der Waals surface area contributed by atoms with Gasteiger partial charge in [-0.1, -0.05) is 30.1 Å². The highest BCUT2D eigenvalue weighted by atomic mass is 35.5. The molecule has 0 saturated carbocycles. The molecule has 0 unspecified atom stereocenters. The van der Waals surface area contributed by atoms with Crippen molar-refractivity contribution in [2.75, 3.05) is 10.6 Å². The van der Waals surface area contributed by atoms with E-state index in [1.54, 1.807) is 30.6 Å². The number of hydrogen-bond acceptors (Lipinski definition) is 5.